The van der Waals surface area contributed by atoms with Gasteiger partial charge >= 0.3 is 5.97 Å². The van der Waals surface area contributed by atoms with Gasteiger partial charge in [0.25, 0.3) is 0 Å². The smallest absolute Gasteiger partial charge is 0.305 e. The molecule has 698 valence electrons. The molecule has 0 radical (unpaired) electrons. The maximum Gasteiger partial charge on any atom is 0.305 e. The number of Topliss-reactive ketones (excluding diaryl/α,β-unsaturated/α-hetero) is 4. The Bertz CT molecular complexity index is 4570. The Balaban J connectivity index is 0.00000139. The predicted molar refractivity (Wildman–Crippen MR) is 525 cm³/mol. The summed E-state index contributed by atoms with van der Waals surface area (Å²) in [5.41, 5.74) is 9.54. The van der Waals surface area contributed by atoms with Gasteiger partial charge in [-0.25, -0.2) is 23.2 Å². The average Bonchev–Trinajstić information content (AvgIpc) is 1.05. The number of H-pyrrole nitrogens is 1. The van der Waals surface area contributed by atoms with Crippen LogP contribution in [-0.4, -0.2) is 146 Å². The second-order valence-corrected chi connectivity index (χ2v) is 35.1. The molecule has 2 aliphatic heterocycles. The quantitative estimate of drug-likeness (QED) is 0.0374. The zero-order valence-corrected chi connectivity index (χ0v) is 81.7. The molecule has 0 unspecified atom stereocenters. The number of unbranched alkanes of at least 4 members (excludes halogenated alkanes) is 1. The first-order valence-electron chi connectivity index (χ1n) is 45.4. The van der Waals surface area contributed by atoms with Gasteiger partial charge in [0.15, 0.2) is 27.1 Å². The number of benzene rings is 7. The van der Waals surface area contributed by atoms with E-state index in [-0.39, 0.29) is 64.4 Å². The molecule has 23 heteroatoms. The first kappa shape index (κ1) is 116. The number of piperidine rings is 1. The minimum Gasteiger partial charge on any atom is -0.481 e. The summed E-state index contributed by atoms with van der Waals surface area (Å²) in [6.07, 6.45) is 16.4. The summed E-state index contributed by atoms with van der Waals surface area (Å²) < 4.78 is 22.4. The topological polar surface area (TPSA) is 297 Å². The Kier molecular flexibility index (Phi) is 63.3. The number of aryl methyl sites for hydroxylation is 2. The SMILES string of the molecule is CC(=O)C(C)C.CC(=O)C(C)C.CC(C)C(=O)Nc1ccccc1.CC(C)C(=O)O.CC(C)CC(=O)N1CCN(c2ncccn2)CC1.CCC(=O)c1ccccc1.CCCC(=O)N1CCCCC1.CCCCC(=O)c1cccc(C(C)C)c1.CCCc1ccccc1.CCS(=O)(=O)c1ccccc1.CCc1ccc(-c2nn[nH]n2)cc1.[C-]#[N+]c1ccc(C(C)C)cc1. The highest BCUT2D eigenvalue weighted by Crippen LogP contribution is 2.21. The Morgan fingerprint density at radius 2 is 0.992 bits per heavy atom. The van der Waals surface area contributed by atoms with Gasteiger partial charge in [0.1, 0.15) is 11.6 Å². The molecule has 3 amide bonds. The molecule has 3 N–H and O–H groups in total. The van der Waals surface area contributed by atoms with Crippen LogP contribution in [0, 0.1) is 36.2 Å². The summed E-state index contributed by atoms with van der Waals surface area (Å²) in [6, 6.07) is 63.6. The molecule has 7 aromatic carbocycles. The number of hydrogen-bond donors (Lipinski definition) is 3. The number of anilines is 2. The number of likely N-dealkylation sites (tertiary alicyclic amines) is 1. The molecule has 0 bridgehead atoms. The van der Waals surface area contributed by atoms with E-state index in [9.17, 15) is 46.8 Å². The summed E-state index contributed by atoms with van der Waals surface area (Å²) in [6.45, 7) is 54.5. The Labute approximate surface area is 767 Å². The number of ketones is 4. The van der Waals surface area contributed by atoms with Gasteiger partial charge in [-0.1, -0.05) is 315 Å². The Morgan fingerprint density at radius 1 is 0.500 bits per heavy atom. The average molecular weight is 1780 g/mol. The molecular formula is C105H151N11O11S. The lowest BCUT2D eigenvalue weighted by molar-refractivity contribution is -0.140. The fourth-order valence-corrected chi connectivity index (χ4v) is 11.5. The lowest BCUT2D eigenvalue weighted by atomic mass is 9.98. The van der Waals surface area contributed by atoms with Crippen LogP contribution in [-0.2, 0) is 51.4 Å². The van der Waals surface area contributed by atoms with Crippen LogP contribution in [0.3, 0.4) is 0 Å². The number of carbonyl (C=O) groups is 8. The van der Waals surface area contributed by atoms with E-state index in [1.165, 1.54) is 54.4 Å². The number of carbonyl (C=O) groups excluding carboxylic acids is 7. The number of aliphatic carboxylic acids is 1. The van der Waals surface area contributed by atoms with Crippen LogP contribution in [0.5, 0.6) is 0 Å². The van der Waals surface area contributed by atoms with Gasteiger partial charge in [0.05, 0.1) is 23.1 Å². The number of aromatic amines is 1. The zero-order valence-electron chi connectivity index (χ0n) is 80.9. The van der Waals surface area contributed by atoms with E-state index in [2.05, 4.69) is 163 Å². The Hall–Kier alpha value is -11.5. The van der Waals surface area contributed by atoms with E-state index >= 15 is 0 Å². The van der Waals surface area contributed by atoms with Crippen LogP contribution in [0.2, 0.25) is 0 Å². The van der Waals surface area contributed by atoms with Gasteiger partial charge in [0.2, 0.25) is 29.5 Å². The van der Waals surface area contributed by atoms with Crippen molar-refractivity contribution in [2.24, 2.45) is 29.6 Å². The van der Waals surface area contributed by atoms with Crippen LogP contribution < -0.4 is 10.2 Å². The highest BCUT2D eigenvalue weighted by Gasteiger charge is 2.23. The summed E-state index contributed by atoms with van der Waals surface area (Å²) in [5, 5.41) is 24.5. The number of hydrogen-bond acceptors (Lipinski definition) is 16. The summed E-state index contributed by atoms with van der Waals surface area (Å²) in [4.78, 5) is 105. The second-order valence-electron chi connectivity index (χ2n) is 32.8. The molecule has 22 nitrogen and oxygen atoms in total. The number of aromatic nitrogens is 6. The third-order valence-corrected chi connectivity index (χ3v) is 21.2. The number of para-hydroxylation sites is 1. The minimum absolute atomic E-state index is 0.0326. The highest BCUT2D eigenvalue weighted by molar-refractivity contribution is 7.91. The van der Waals surface area contributed by atoms with Crippen molar-refractivity contribution in [1.29, 1.82) is 0 Å². The number of tetrazole rings is 1. The number of nitrogens with one attached hydrogen (secondary N) is 2. The summed E-state index contributed by atoms with van der Waals surface area (Å²) in [7, 11) is -3.00. The van der Waals surface area contributed by atoms with E-state index in [1.807, 2.05) is 180 Å². The van der Waals surface area contributed by atoms with Gasteiger partial charge in [0, 0.05) is 117 Å². The van der Waals surface area contributed by atoms with Crippen LogP contribution in [0.25, 0.3) is 16.2 Å². The standard InChI is InChI=1S/C14H20O.C13H20N4O.C10H13NO.C10H11N.C9H10N4.C9H17NO.C9H10O.C9H12.C8H10O2S.2C5H10O.C4H8O2/c1-4-5-9-14(15)13-8-6-7-12(10-13)11(2)3;1-11(2)10-12(18)16-6-8-17(9-7-16)13-14-4-3-5-15-13;1-8(2)10(12)11-9-6-4-3-5-7-9;1-8(2)9-4-6-10(11-3)7-5-9;1-2-7-3-5-8(6-4-7)9-10-12-13-11-9;1-2-6-9(11)10-7-4-3-5-8-10;1-2-9(10)8-6-4-3-5-7-8;1-2-6-9-7-4-3-5-8-9;1-2-11(9,10)8-6-4-3-5-7-8;2*1-4(2)5(3)6;1-3(2)4(5)6/h6-8,10-11H,4-5,9H2,1-3H3;3-5,11H,6-10H2,1-2H3;3-8H,1-2H3,(H,11,12);4-8H,1-2H3;3-6H,2H2,1H3,(H,10,11,12,13);2-8H2,1H3;3-7H,2H2,1H3;3-5,7-8H,2,6H2,1H3;3-7H,2H2,1H3;2*4H,1-3H3;3H,1-2H3,(H,5,6). The molecule has 2 aliphatic rings. The molecule has 0 aliphatic carbocycles. The number of carboxylic acids is 1. The molecule has 2 aromatic heterocycles. The van der Waals surface area contributed by atoms with E-state index < -0.39 is 15.8 Å². The van der Waals surface area contributed by atoms with Crippen molar-refractivity contribution in [2.75, 3.05) is 55.2 Å². The fourth-order valence-electron chi connectivity index (χ4n) is 10.6. The number of sulfone groups is 1. The Morgan fingerprint density at radius 3 is 1.41 bits per heavy atom. The van der Waals surface area contributed by atoms with Gasteiger partial charge in [-0.05, 0) is 140 Å². The maximum absolute atomic E-state index is 11.9. The lowest BCUT2D eigenvalue weighted by Gasteiger charge is -2.35. The van der Waals surface area contributed by atoms with E-state index in [0.717, 1.165) is 105 Å². The summed E-state index contributed by atoms with van der Waals surface area (Å²) in [5.74, 6) is 4.19. The number of nitrogens with zero attached hydrogens (tertiary/aromatic N) is 9. The van der Waals surface area contributed by atoms with Crippen LogP contribution in [0.15, 0.2) is 217 Å². The fraction of sp³-hybridized carbons (Fsp3) is 0.467. The van der Waals surface area contributed by atoms with Gasteiger partial charge in [-0.2, -0.15) is 5.21 Å². The molecule has 128 heavy (non-hydrogen) atoms. The van der Waals surface area contributed by atoms with Gasteiger partial charge < -0.3 is 25.1 Å². The third kappa shape index (κ3) is 54.5. The molecule has 0 spiro atoms. The number of rotatable bonds is 24. The molecule has 0 saturated carbocycles. The van der Waals surface area contributed by atoms with Crippen molar-refractivity contribution >= 4 is 74.0 Å². The lowest BCUT2D eigenvalue weighted by Crippen LogP contribution is -2.49. The molecule has 2 fully saturated rings. The van der Waals surface area contributed by atoms with Crippen molar-refractivity contribution in [3.63, 3.8) is 0 Å². The van der Waals surface area contributed by atoms with Crippen molar-refractivity contribution in [2.45, 2.75) is 253 Å². The van der Waals surface area contributed by atoms with Crippen molar-refractivity contribution < 1.29 is 51.9 Å². The van der Waals surface area contributed by atoms with E-state index in [1.54, 1.807) is 77.3 Å². The van der Waals surface area contributed by atoms with E-state index in [0.29, 0.717) is 53.6 Å². The first-order chi connectivity index (χ1) is 60.9. The monoisotopic (exact) mass is 1770 g/mol. The minimum atomic E-state index is -3.00. The first-order valence-corrected chi connectivity index (χ1v) is 47.0. The normalized spacial score (nSPS) is 11.6. The molecular weight excluding hydrogens is 1620 g/mol. The van der Waals surface area contributed by atoms with Gasteiger partial charge in [-0.15, -0.1) is 10.2 Å². The van der Waals surface area contributed by atoms with Crippen molar-refractivity contribution in [3.05, 3.63) is 257 Å². The molecule has 2 saturated heterocycles. The molecule has 9 aromatic rings. The largest absolute Gasteiger partial charge is 0.481 e. The predicted octanol–water partition coefficient (Wildman–Crippen LogP) is 23.8. The van der Waals surface area contributed by atoms with Crippen LogP contribution in [0.4, 0.5) is 17.3 Å². The zero-order chi connectivity index (χ0) is 96.4. The van der Waals surface area contributed by atoms with Crippen molar-refractivity contribution in [1.82, 2.24) is 40.4 Å². The van der Waals surface area contributed by atoms with Gasteiger partial charge in [-0.3, -0.25) is 38.4 Å². The second kappa shape index (κ2) is 69.6. The van der Waals surface area contributed by atoms with Crippen LogP contribution >= 0.6 is 0 Å². The molecule has 0 atom stereocenters. The number of carboxylic acid groups (broad SMARTS) is 1. The number of amides is 3. The number of piperazine rings is 1. The van der Waals surface area contributed by atoms with Crippen LogP contribution in [0.1, 0.15) is 278 Å². The summed E-state index contributed by atoms with van der Waals surface area (Å²) >= 11 is 0. The molecule has 11 rings (SSSR count). The molecule has 4 heterocycles. The van der Waals surface area contributed by atoms with Crippen molar-refractivity contribution in [3.8, 4) is 11.4 Å². The third-order valence-electron chi connectivity index (χ3n) is 19.5. The maximum atomic E-state index is 11.9. The highest BCUT2D eigenvalue weighted by atomic mass is 32.2. The van der Waals surface area contributed by atoms with E-state index in [4.69, 9.17) is 11.7 Å².